The maximum atomic E-state index is 13.3. The topological polar surface area (TPSA) is 49.3 Å². The number of hydrogen-bond acceptors (Lipinski definition) is 3. The smallest absolute Gasteiger partial charge is 0.257 e. The molecule has 3 nitrogen and oxygen atoms in total. The van der Waals surface area contributed by atoms with Crippen molar-refractivity contribution in [1.29, 1.82) is 0 Å². The highest BCUT2D eigenvalue weighted by molar-refractivity contribution is 7.07. The fourth-order valence-corrected chi connectivity index (χ4v) is 2.28. The molecule has 0 radical (unpaired) electrons. The highest BCUT2D eigenvalue weighted by Crippen LogP contribution is 2.16. The third-order valence-electron chi connectivity index (χ3n) is 2.57. The van der Waals surface area contributed by atoms with Crippen molar-refractivity contribution in [2.75, 3.05) is 6.54 Å². The minimum atomic E-state index is -0.928. The van der Waals surface area contributed by atoms with Crippen LogP contribution in [0.4, 0.5) is 8.78 Å². The lowest BCUT2D eigenvalue weighted by molar-refractivity contribution is 0.0908. The molecular formula is C13H11F2NO2S. The lowest BCUT2D eigenvalue weighted by atomic mass is 10.1. The second-order valence-electron chi connectivity index (χ2n) is 3.88. The molecule has 1 heterocycles. The average Bonchev–Trinajstić information content (AvgIpc) is 2.89. The van der Waals surface area contributed by atoms with Crippen LogP contribution in [0.25, 0.3) is 0 Å². The van der Waals surface area contributed by atoms with E-state index in [1.165, 1.54) is 17.4 Å². The van der Waals surface area contributed by atoms with E-state index in [-0.39, 0.29) is 6.54 Å². The molecule has 0 spiro atoms. The number of nitrogens with one attached hydrogen (secondary N) is 1. The standard InChI is InChI=1S/C13H11F2NO2S/c14-9-2-1-3-10(15)12(9)13(18)16-6-11(17)8-4-5-19-7-8/h1-5,7,11,17H,6H2,(H,16,18)/t11-/m0/s1. The molecule has 19 heavy (non-hydrogen) atoms. The first-order valence-electron chi connectivity index (χ1n) is 5.52. The lowest BCUT2D eigenvalue weighted by Crippen LogP contribution is -2.29. The van der Waals surface area contributed by atoms with E-state index in [9.17, 15) is 18.7 Å². The number of thiophene rings is 1. The van der Waals surface area contributed by atoms with E-state index in [4.69, 9.17) is 0 Å². The molecule has 2 N–H and O–H groups in total. The number of halogens is 2. The normalized spacial score (nSPS) is 12.2. The van der Waals surface area contributed by atoms with Crippen LogP contribution in [0, 0.1) is 11.6 Å². The summed E-state index contributed by atoms with van der Waals surface area (Å²) in [6, 6.07) is 4.91. The van der Waals surface area contributed by atoms with Gasteiger partial charge in [0.25, 0.3) is 5.91 Å². The zero-order chi connectivity index (χ0) is 13.8. The van der Waals surface area contributed by atoms with Gasteiger partial charge in [0.15, 0.2) is 0 Å². The molecule has 0 aliphatic heterocycles. The van der Waals surface area contributed by atoms with Crippen LogP contribution in [0.1, 0.15) is 22.0 Å². The summed E-state index contributed by atoms with van der Waals surface area (Å²) in [5.41, 5.74) is 0.0133. The summed E-state index contributed by atoms with van der Waals surface area (Å²) >= 11 is 1.41. The lowest BCUT2D eigenvalue weighted by Gasteiger charge is -2.11. The Bertz CT molecular complexity index is 552. The van der Waals surface area contributed by atoms with Gasteiger partial charge in [0.2, 0.25) is 0 Å². The third-order valence-corrected chi connectivity index (χ3v) is 3.28. The number of aliphatic hydroxyl groups excluding tert-OH is 1. The van der Waals surface area contributed by atoms with Crippen LogP contribution >= 0.6 is 11.3 Å². The summed E-state index contributed by atoms with van der Waals surface area (Å²) < 4.78 is 26.7. The van der Waals surface area contributed by atoms with Crippen molar-refractivity contribution in [3.63, 3.8) is 0 Å². The van der Waals surface area contributed by atoms with Crippen LogP contribution in [0.15, 0.2) is 35.0 Å². The third kappa shape index (κ3) is 3.15. The predicted molar refractivity (Wildman–Crippen MR) is 68.0 cm³/mol. The summed E-state index contributed by atoms with van der Waals surface area (Å²) in [5.74, 6) is -2.74. The number of carbonyl (C=O) groups is 1. The quantitative estimate of drug-likeness (QED) is 0.905. The molecule has 0 unspecified atom stereocenters. The van der Waals surface area contributed by atoms with Crippen molar-refractivity contribution >= 4 is 17.2 Å². The Labute approximate surface area is 112 Å². The van der Waals surface area contributed by atoms with Gasteiger partial charge >= 0.3 is 0 Å². The highest BCUT2D eigenvalue weighted by atomic mass is 32.1. The molecule has 6 heteroatoms. The van der Waals surface area contributed by atoms with Gasteiger partial charge in [-0.1, -0.05) is 6.07 Å². The SMILES string of the molecule is O=C(NC[C@H](O)c1ccsc1)c1c(F)cccc1F. The van der Waals surface area contributed by atoms with Crippen molar-refractivity contribution in [2.45, 2.75) is 6.10 Å². The summed E-state index contributed by atoms with van der Waals surface area (Å²) in [6.45, 7) is -0.108. The van der Waals surface area contributed by atoms with E-state index in [1.54, 1.807) is 16.8 Å². The average molecular weight is 283 g/mol. The molecule has 1 amide bonds. The van der Waals surface area contributed by atoms with Gasteiger partial charge in [-0.15, -0.1) is 0 Å². The minimum absolute atomic E-state index is 0.108. The number of hydrogen-bond donors (Lipinski definition) is 2. The Kier molecular flexibility index (Phi) is 4.24. The number of carbonyl (C=O) groups excluding carboxylic acids is 1. The minimum Gasteiger partial charge on any atom is -0.387 e. The Morgan fingerprint density at radius 3 is 2.58 bits per heavy atom. The summed E-state index contributed by atoms with van der Waals surface area (Å²) in [4.78, 5) is 11.7. The van der Waals surface area contributed by atoms with Crippen molar-refractivity contribution in [1.82, 2.24) is 5.32 Å². The Morgan fingerprint density at radius 2 is 2.00 bits per heavy atom. The first kappa shape index (κ1) is 13.6. The molecule has 0 saturated heterocycles. The molecule has 1 atom stereocenters. The molecule has 2 aromatic rings. The van der Waals surface area contributed by atoms with Gasteiger partial charge in [-0.3, -0.25) is 4.79 Å². The summed E-state index contributed by atoms with van der Waals surface area (Å²) in [5, 5.41) is 15.6. The Balaban J connectivity index is 2.02. The van der Waals surface area contributed by atoms with Gasteiger partial charge in [-0.2, -0.15) is 11.3 Å². The second-order valence-corrected chi connectivity index (χ2v) is 4.66. The maximum absolute atomic E-state index is 13.3. The van der Waals surface area contributed by atoms with Crippen LogP contribution < -0.4 is 5.32 Å². The number of aliphatic hydroxyl groups is 1. The molecule has 1 aromatic carbocycles. The van der Waals surface area contributed by atoms with E-state index in [2.05, 4.69) is 5.32 Å². The van der Waals surface area contributed by atoms with Crippen molar-refractivity contribution < 1.29 is 18.7 Å². The molecule has 2 rings (SSSR count). The van der Waals surface area contributed by atoms with Crippen LogP contribution in [0.2, 0.25) is 0 Å². The Morgan fingerprint density at radius 1 is 1.32 bits per heavy atom. The molecule has 0 aliphatic rings. The molecule has 1 aromatic heterocycles. The first-order valence-corrected chi connectivity index (χ1v) is 6.46. The first-order chi connectivity index (χ1) is 9.09. The van der Waals surface area contributed by atoms with Crippen molar-refractivity contribution in [2.24, 2.45) is 0 Å². The van der Waals surface area contributed by atoms with Gasteiger partial charge in [0.1, 0.15) is 17.2 Å². The summed E-state index contributed by atoms with van der Waals surface area (Å²) in [6.07, 6.45) is -0.898. The Hall–Kier alpha value is -1.79. The van der Waals surface area contributed by atoms with Gasteiger partial charge in [-0.25, -0.2) is 8.78 Å². The molecular weight excluding hydrogens is 272 g/mol. The largest absolute Gasteiger partial charge is 0.387 e. The maximum Gasteiger partial charge on any atom is 0.257 e. The van der Waals surface area contributed by atoms with Crippen LogP contribution in [-0.2, 0) is 0 Å². The molecule has 0 fully saturated rings. The fraction of sp³-hybridized carbons (Fsp3) is 0.154. The molecule has 0 aliphatic carbocycles. The monoisotopic (exact) mass is 283 g/mol. The zero-order valence-corrected chi connectivity index (χ0v) is 10.6. The second kappa shape index (κ2) is 5.90. The molecule has 0 saturated carbocycles. The summed E-state index contributed by atoms with van der Waals surface area (Å²) in [7, 11) is 0. The molecule has 0 bridgehead atoms. The highest BCUT2D eigenvalue weighted by Gasteiger charge is 2.18. The van der Waals surface area contributed by atoms with Gasteiger partial charge in [0.05, 0.1) is 6.10 Å². The van der Waals surface area contributed by atoms with Gasteiger partial charge in [-0.05, 0) is 34.5 Å². The van der Waals surface area contributed by atoms with E-state index in [0.717, 1.165) is 12.1 Å². The number of rotatable bonds is 4. The van der Waals surface area contributed by atoms with E-state index < -0.39 is 29.2 Å². The van der Waals surface area contributed by atoms with Gasteiger partial charge in [0, 0.05) is 6.54 Å². The van der Waals surface area contributed by atoms with E-state index in [1.807, 2.05) is 0 Å². The van der Waals surface area contributed by atoms with Gasteiger partial charge < -0.3 is 10.4 Å². The van der Waals surface area contributed by atoms with Crippen molar-refractivity contribution in [3.05, 3.63) is 57.8 Å². The fourth-order valence-electron chi connectivity index (χ4n) is 1.57. The van der Waals surface area contributed by atoms with E-state index in [0.29, 0.717) is 5.56 Å². The van der Waals surface area contributed by atoms with Crippen LogP contribution in [0.3, 0.4) is 0 Å². The van der Waals surface area contributed by atoms with Crippen LogP contribution in [-0.4, -0.2) is 17.6 Å². The zero-order valence-electron chi connectivity index (χ0n) is 9.77. The molecule has 100 valence electrons. The predicted octanol–water partition coefficient (Wildman–Crippen LogP) is 2.49. The number of amides is 1. The van der Waals surface area contributed by atoms with E-state index >= 15 is 0 Å². The van der Waals surface area contributed by atoms with Crippen molar-refractivity contribution in [3.8, 4) is 0 Å². The van der Waals surface area contributed by atoms with Crippen LogP contribution in [0.5, 0.6) is 0 Å². The number of benzene rings is 1.